The van der Waals surface area contributed by atoms with E-state index in [0.717, 1.165) is 42.6 Å². The number of carbonyl (C=O) groups excluding carboxylic acids is 1. The lowest BCUT2D eigenvalue weighted by Gasteiger charge is -2.28. The average molecular weight is 348 g/mol. The number of aromatic nitrogens is 1. The summed E-state index contributed by atoms with van der Waals surface area (Å²) in [7, 11) is 0. The molecule has 0 amide bonds. The van der Waals surface area contributed by atoms with E-state index in [2.05, 4.69) is 59.7 Å². The van der Waals surface area contributed by atoms with Crippen molar-refractivity contribution in [1.29, 1.82) is 0 Å². The summed E-state index contributed by atoms with van der Waals surface area (Å²) in [5.41, 5.74) is 5.88. The number of hydrogen-bond donors (Lipinski definition) is 2. The van der Waals surface area contributed by atoms with Gasteiger partial charge in [-0.3, -0.25) is 4.79 Å². The molecule has 0 atom stereocenters. The van der Waals surface area contributed by atoms with E-state index in [4.69, 9.17) is 4.74 Å². The average Bonchev–Trinajstić information content (AvgIpc) is 3.08. The fourth-order valence-corrected chi connectivity index (χ4v) is 3.92. The zero-order chi connectivity index (χ0) is 17.9. The highest BCUT2D eigenvalue weighted by Crippen LogP contribution is 2.32. The lowest BCUT2D eigenvalue weighted by atomic mass is 9.92. The van der Waals surface area contributed by atoms with E-state index in [1.165, 1.54) is 16.5 Å². The second-order valence-electron chi connectivity index (χ2n) is 7.18. The molecule has 1 aliphatic rings. The van der Waals surface area contributed by atoms with Gasteiger partial charge in [0.15, 0.2) is 0 Å². The number of aryl methyl sites for hydroxylation is 1. The van der Waals surface area contributed by atoms with Crippen molar-refractivity contribution in [3.8, 4) is 11.3 Å². The van der Waals surface area contributed by atoms with Crippen molar-refractivity contribution >= 4 is 23.1 Å². The summed E-state index contributed by atoms with van der Waals surface area (Å²) in [6, 6.07) is 17.5. The third-order valence-electron chi connectivity index (χ3n) is 5.24. The van der Waals surface area contributed by atoms with Gasteiger partial charge in [-0.1, -0.05) is 30.3 Å². The maximum absolute atomic E-state index is 10.5. The fourth-order valence-electron chi connectivity index (χ4n) is 3.92. The van der Waals surface area contributed by atoms with E-state index >= 15 is 0 Å². The molecule has 0 radical (unpaired) electrons. The summed E-state index contributed by atoms with van der Waals surface area (Å²) in [6.45, 7) is 2.71. The molecule has 1 fully saturated rings. The van der Waals surface area contributed by atoms with Gasteiger partial charge in [0.1, 0.15) is 6.10 Å². The summed E-state index contributed by atoms with van der Waals surface area (Å²) in [5, 5.41) is 4.94. The smallest absolute Gasteiger partial charge is 0.293 e. The first-order chi connectivity index (χ1) is 12.7. The number of aromatic amines is 1. The molecule has 0 unspecified atom stereocenters. The number of fused-ring (bicyclic) bond motifs is 1. The normalized spacial score (nSPS) is 20.0. The van der Waals surface area contributed by atoms with Crippen LogP contribution in [0.3, 0.4) is 0 Å². The molecular weight excluding hydrogens is 324 g/mol. The Kier molecular flexibility index (Phi) is 4.65. The SMILES string of the molecule is Cc1cc(NC2CCC(OC=O)CC2)c2[nH]c(-c3ccccc3)cc2c1. The summed E-state index contributed by atoms with van der Waals surface area (Å²) in [4.78, 5) is 14.1. The van der Waals surface area contributed by atoms with Crippen LogP contribution in [0, 0.1) is 6.92 Å². The first kappa shape index (κ1) is 16.7. The van der Waals surface area contributed by atoms with Crippen molar-refractivity contribution in [2.24, 2.45) is 0 Å². The zero-order valence-electron chi connectivity index (χ0n) is 15.0. The molecule has 4 rings (SSSR count). The Bertz CT molecular complexity index is 893. The predicted octanol–water partition coefficient (Wildman–Crippen LogP) is 5.04. The minimum Gasteiger partial charge on any atom is -0.465 e. The standard InChI is InChI=1S/C22H24N2O2/c1-15-11-17-13-20(16-5-3-2-4-6-16)24-22(17)21(12-15)23-18-7-9-19(10-8-18)26-14-25/h2-6,11-14,18-19,23-24H,7-10H2,1H3. The Morgan fingerprint density at radius 2 is 1.85 bits per heavy atom. The molecule has 26 heavy (non-hydrogen) atoms. The van der Waals surface area contributed by atoms with Gasteiger partial charge >= 0.3 is 0 Å². The molecule has 0 aliphatic heterocycles. The van der Waals surface area contributed by atoms with Gasteiger partial charge < -0.3 is 15.0 Å². The summed E-state index contributed by atoms with van der Waals surface area (Å²) >= 11 is 0. The Morgan fingerprint density at radius 3 is 2.58 bits per heavy atom. The van der Waals surface area contributed by atoms with Crippen LogP contribution in [-0.4, -0.2) is 23.6 Å². The van der Waals surface area contributed by atoms with E-state index in [9.17, 15) is 4.79 Å². The molecule has 0 saturated heterocycles. The molecule has 0 spiro atoms. The van der Waals surface area contributed by atoms with E-state index in [-0.39, 0.29) is 6.10 Å². The van der Waals surface area contributed by atoms with Crippen LogP contribution in [0.5, 0.6) is 0 Å². The maximum Gasteiger partial charge on any atom is 0.293 e. The van der Waals surface area contributed by atoms with Crippen molar-refractivity contribution in [2.45, 2.75) is 44.8 Å². The van der Waals surface area contributed by atoms with Gasteiger partial charge in [0.2, 0.25) is 0 Å². The van der Waals surface area contributed by atoms with Crippen LogP contribution in [0.15, 0.2) is 48.5 Å². The molecule has 1 heterocycles. The maximum atomic E-state index is 10.5. The van der Waals surface area contributed by atoms with Gasteiger partial charge in [0, 0.05) is 17.1 Å². The van der Waals surface area contributed by atoms with E-state index in [1.807, 2.05) is 6.07 Å². The minimum atomic E-state index is 0.0817. The fraction of sp³-hybridized carbons (Fsp3) is 0.318. The van der Waals surface area contributed by atoms with Crippen LogP contribution in [0.4, 0.5) is 5.69 Å². The van der Waals surface area contributed by atoms with Crippen molar-refractivity contribution in [1.82, 2.24) is 4.98 Å². The van der Waals surface area contributed by atoms with Crippen molar-refractivity contribution in [3.05, 3.63) is 54.1 Å². The van der Waals surface area contributed by atoms with Crippen molar-refractivity contribution < 1.29 is 9.53 Å². The molecule has 2 aromatic carbocycles. The second-order valence-corrected chi connectivity index (χ2v) is 7.18. The molecule has 4 nitrogen and oxygen atoms in total. The van der Waals surface area contributed by atoms with Crippen LogP contribution >= 0.6 is 0 Å². The largest absolute Gasteiger partial charge is 0.465 e. The predicted molar refractivity (Wildman–Crippen MR) is 105 cm³/mol. The number of hydrogen-bond acceptors (Lipinski definition) is 3. The van der Waals surface area contributed by atoms with Gasteiger partial charge in [-0.05, 0) is 61.9 Å². The quantitative estimate of drug-likeness (QED) is 0.635. The second kappa shape index (κ2) is 7.24. The summed E-state index contributed by atoms with van der Waals surface area (Å²) in [5.74, 6) is 0. The summed E-state index contributed by atoms with van der Waals surface area (Å²) in [6.07, 6.45) is 3.95. The van der Waals surface area contributed by atoms with E-state index in [0.29, 0.717) is 12.5 Å². The number of carbonyl (C=O) groups is 1. The highest BCUT2D eigenvalue weighted by atomic mass is 16.5. The highest BCUT2D eigenvalue weighted by Gasteiger charge is 2.22. The van der Waals surface area contributed by atoms with Crippen molar-refractivity contribution in [3.63, 3.8) is 0 Å². The van der Waals surface area contributed by atoms with Gasteiger partial charge in [-0.25, -0.2) is 0 Å². The molecule has 1 aromatic heterocycles. The van der Waals surface area contributed by atoms with Gasteiger partial charge in [-0.2, -0.15) is 0 Å². The van der Waals surface area contributed by atoms with E-state index in [1.54, 1.807) is 0 Å². The number of H-pyrrole nitrogens is 1. The molecule has 2 N–H and O–H groups in total. The molecule has 3 aromatic rings. The number of benzene rings is 2. The number of nitrogens with one attached hydrogen (secondary N) is 2. The monoisotopic (exact) mass is 348 g/mol. The molecular formula is C22H24N2O2. The van der Waals surface area contributed by atoms with Crippen LogP contribution in [0.1, 0.15) is 31.2 Å². The molecule has 1 aliphatic carbocycles. The topological polar surface area (TPSA) is 54.1 Å². The Labute approximate surface area is 153 Å². The third kappa shape index (κ3) is 3.45. The van der Waals surface area contributed by atoms with Gasteiger partial charge in [-0.15, -0.1) is 0 Å². The Balaban J connectivity index is 1.59. The Morgan fingerprint density at radius 1 is 1.08 bits per heavy atom. The molecule has 1 saturated carbocycles. The molecule has 0 bridgehead atoms. The summed E-state index contributed by atoms with van der Waals surface area (Å²) < 4.78 is 5.11. The van der Waals surface area contributed by atoms with Crippen LogP contribution in [0.2, 0.25) is 0 Å². The third-order valence-corrected chi connectivity index (χ3v) is 5.24. The number of anilines is 1. The molecule has 134 valence electrons. The van der Waals surface area contributed by atoms with Crippen LogP contribution in [0.25, 0.3) is 22.2 Å². The number of rotatable bonds is 5. The van der Waals surface area contributed by atoms with E-state index < -0.39 is 0 Å². The zero-order valence-corrected chi connectivity index (χ0v) is 15.0. The van der Waals surface area contributed by atoms with Crippen LogP contribution in [-0.2, 0) is 9.53 Å². The Hall–Kier alpha value is -2.75. The first-order valence-corrected chi connectivity index (χ1v) is 9.27. The van der Waals surface area contributed by atoms with Gasteiger partial charge in [0.05, 0.1) is 11.2 Å². The molecule has 4 heteroatoms. The van der Waals surface area contributed by atoms with Crippen LogP contribution < -0.4 is 5.32 Å². The highest BCUT2D eigenvalue weighted by molar-refractivity contribution is 5.95. The lowest BCUT2D eigenvalue weighted by molar-refractivity contribution is -0.134. The van der Waals surface area contributed by atoms with Crippen molar-refractivity contribution in [2.75, 3.05) is 5.32 Å². The number of ether oxygens (including phenoxy) is 1. The lowest BCUT2D eigenvalue weighted by Crippen LogP contribution is -2.29. The minimum absolute atomic E-state index is 0.0817. The first-order valence-electron chi connectivity index (χ1n) is 9.27. The van der Waals surface area contributed by atoms with Gasteiger partial charge in [0.25, 0.3) is 6.47 Å².